The molecule has 1 aromatic carbocycles. The summed E-state index contributed by atoms with van der Waals surface area (Å²) in [5, 5.41) is 0. The van der Waals surface area contributed by atoms with Gasteiger partial charge < -0.3 is 4.43 Å². The minimum Gasteiger partial charge on any atom is -0.546 e. The lowest BCUT2D eigenvalue weighted by Gasteiger charge is -2.01. The first kappa shape index (κ1) is 9.07. The Balaban J connectivity index is 2.29. The summed E-state index contributed by atoms with van der Waals surface area (Å²) >= 11 is 0. The second-order valence-electron chi connectivity index (χ2n) is 2.50. The van der Waals surface area contributed by atoms with Crippen LogP contribution < -0.4 is 4.43 Å². The van der Waals surface area contributed by atoms with E-state index in [2.05, 4.69) is 18.7 Å². The zero-order chi connectivity index (χ0) is 8.65. The van der Waals surface area contributed by atoms with Gasteiger partial charge in [0.1, 0.15) is 5.75 Å². The average molecular weight is 178 g/mol. The van der Waals surface area contributed by atoms with Gasteiger partial charge in [0.2, 0.25) is 9.76 Å². The second-order valence-corrected chi connectivity index (χ2v) is 3.60. The van der Waals surface area contributed by atoms with Gasteiger partial charge in [-0.25, -0.2) is 0 Å². The lowest BCUT2D eigenvalue weighted by molar-refractivity contribution is 0.604. The van der Waals surface area contributed by atoms with Gasteiger partial charge >= 0.3 is 0 Å². The average Bonchev–Trinajstić information content (AvgIpc) is 2.14. The normalized spacial score (nSPS) is 11.4. The van der Waals surface area contributed by atoms with E-state index in [1.807, 2.05) is 30.3 Å². The molecule has 0 aromatic heterocycles. The van der Waals surface area contributed by atoms with Crippen LogP contribution >= 0.6 is 0 Å². The molecule has 0 N–H and O–H groups in total. The summed E-state index contributed by atoms with van der Waals surface area (Å²) in [5.41, 5.74) is 2.17. The molecule has 0 saturated carbocycles. The van der Waals surface area contributed by atoms with Crippen molar-refractivity contribution < 1.29 is 4.43 Å². The molecule has 0 aliphatic carbocycles. The van der Waals surface area contributed by atoms with E-state index in [9.17, 15) is 0 Å². The number of benzene rings is 1. The Hall–Kier alpha value is -1.02. The largest absolute Gasteiger partial charge is 0.546 e. The van der Waals surface area contributed by atoms with E-state index in [1.165, 1.54) is 0 Å². The summed E-state index contributed by atoms with van der Waals surface area (Å²) < 4.78 is 5.56. The smallest absolute Gasteiger partial charge is 0.243 e. The minimum absolute atomic E-state index is 0.479. The third kappa shape index (κ3) is 3.39. The molecule has 0 spiro atoms. The first-order valence-electron chi connectivity index (χ1n) is 4.26. The van der Waals surface area contributed by atoms with Crippen molar-refractivity contribution in [3.63, 3.8) is 0 Å². The Morgan fingerprint density at radius 1 is 1.33 bits per heavy atom. The topological polar surface area (TPSA) is 9.23 Å². The van der Waals surface area contributed by atoms with E-state index in [0.717, 1.165) is 12.2 Å². The summed E-state index contributed by atoms with van der Waals surface area (Å²) in [5.74, 6) is 0.991. The Labute approximate surface area is 76.0 Å². The minimum atomic E-state index is -0.479. The van der Waals surface area contributed by atoms with Crippen molar-refractivity contribution in [1.82, 2.24) is 0 Å². The van der Waals surface area contributed by atoms with Crippen molar-refractivity contribution in [2.75, 3.05) is 0 Å². The quantitative estimate of drug-likeness (QED) is 0.641. The molecule has 2 heteroatoms. The van der Waals surface area contributed by atoms with Crippen molar-refractivity contribution in [2.24, 2.45) is 0 Å². The van der Waals surface area contributed by atoms with Gasteiger partial charge in [-0.3, -0.25) is 0 Å². The first-order chi connectivity index (χ1) is 5.93. The van der Waals surface area contributed by atoms with E-state index in [-0.39, 0.29) is 0 Å². The van der Waals surface area contributed by atoms with Crippen molar-refractivity contribution in [2.45, 2.75) is 13.3 Å². The molecule has 64 valence electrons. The summed E-state index contributed by atoms with van der Waals surface area (Å²) in [6.07, 6.45) is 3.26. The van der Waals surface area contributed by atoms with Gasteiger partial charge in [0.15, 0.2) is 0 Å². The fourth-order valence-corrected chi connectivity index (χ4v) is 1.85. The molecule has 12 heavy (non-hydrogen) atoms. The number of rotatable bonds is 4. The molecule has 0 heterocycles. The molecule has 0 unspecified atom stereocenters. The van der Waals surface area contributed by atoms with Gasteiger partial charge in [0.05, 0.1) is 0 Å². The summed E-state index contributed by atoms with van der Waals surface area (Å²) in [7, 11) is -0.479. The SMILES string of the molecule is CCC=C[SiH2]Oc1ccccc1. The predicted molar refractivity (Wildman–Crippen MR) is 55.0 cm³/mol. The molecule has 0 amide bonds. The van der Waals surface area contributed by atoms with Crippen LogP contribution in [0.5, 0.6) is 5.75 Å². The van der Waals surface area contributed by atoms with Crippen molar-refractivity contribution in [1.29, 1.82) is 0 Å². The lowest BCUT2D eigenvalue weighted by Crippen LogP contribution is -1.97. The van der Waals surface area contributed by atoms with Crippen LogP contribution in [-0.2, 0) is 0 Å². The van der Waals surface area contributed by atoms with Crippen LogP contribution in [0.2, 0.25) is 0 Å². The zero-order valence-corrected chi connectivity index (χ0v) is 8.78. The Morgan fingerprint density at radius 2 is 2.08 bits per heavy atom. The summed E-state index contributed by atoms with van der Waals surface area (Å²) in [6.45, 7) is 2.13. The van der Waals surface area contributed by atoms with Gasteiger partial charge in [-0.2, -0.15) is 0 Å². The molecule has 0 saturated heterocycles. The molecule has 0 bridgehead atoms. The number of hydrogen-bond acceptors (Lipinski definition) is 1. The van der Waals surface area contributed by atoms with Gasteiger partial charge in [-0.05, 0) is 18.6 Å². The van der Waals surface area contributed by atoms with E-state index in [1.54, 1.807) is 0 Å². The third-order valence-electron chi connectivity index (χ3n) is 1.49. The van der Waals surface area contributed by atoms with Crippen LogP contribution in [0.3, 0.4) is 0 Å². The van der Waals surface area contributed by atoms with Crippen molar-refractivity contribution in [3.05, 3.63) is 42.1 Å². The molecule has 0 aliphatic heterocycles. The second kappa shape index (κ2) is 5.60. The standard InChI is InChI=1S/C10H14OSi/c1-2-3-9-12-11-10-7-5-4-6-8-10/h3-9H,2,12H2,1H3. The maximum absolute atomic E-state index is 5.56. The van der Waals surface area contributed by atoms with Crippen LogP contribution in [0.25, 0.3) is 0 Å². The molecular formula is C10H14OSi. The van der Waals surface area contributed by atoms with Crippen LogP contribution in [0.4, 0.5) is 0 Å². The van der Waals surface area contributed by atoms with E-state index in [0.29, 0.717) is 0 Å². The maximum Gasteiger partial charge on any atom is 0.243 e. The Bertz CT molecular complexity index is 231. The fourth-order valence-electron chi connectivity index (χ4n) is 0.896. The molecular weight excluding hydrogens is 164 g/mol. The van der Waals surface area contributed by atoms with Gasteiger partial charge in [0.25, 0.3) is 0 Å². The van der Waals surface area contributed by atoms with Crippen LogP contribution in [0.1, 0.15) is 13.3 Å². The van der Waals surface area contributed by atoms with Gasteiger partial charge in [-0.15, -0.1) is 0 Å². The number of hydrogen-bond donors (Lipinski definition) is 0. The predicted octanol–water partition coefficient (Wildman–Crippen LogP) is 2.07. The maximum atomic E-state index is 5.56. The number of para-hydroxylation sites is 1. The molecule has 0 fully saturated rings. The highest BCUT2D eigenvalue weighted by molar-refractivity contribution is 6.35. The number of allylic oxidation sites excluding steroid dienone is 1. The highest BCUT2D eigenvalue weighted by Crippen LogP contribution is 2.06. The van der Waals surface area contributed by atoms with E-state index >= 15 is 0 Å². The Kier molecular flexibility index (Phi) is 4.24. The van der Waals surface area contributed by atoms with Crippen molar-refractivity contribution in [3.8, 4) is 5.75 Å². The lowest BCUT2D eigenvalue weighted by atomic mass is 10.3. The van der Waals surface area contributed by atoms with Gasteiger partial charge in [0, 0.05) is 0 Å². The van der Waals surface area contributed by atoms with Crippen LogP contribution in [0, 0.1) is 0 Å². The molecule has 0 atom stereocenters. The summed E-state index contributed by atoms with van der Waals surface area (Å²) in [6, 6.07) is 9.97. The highest BCUT2D eigenvalue weighted by Gasteiger charge is 1.86. The van der Waals surface area contributed by atoms with Crippen LogP contribution in [-0.4, -0.2) is 9.76 Å². The molecule has 0 radical (unpaired) electrons. The van der Waals surface area contributed by atoms with E-state index < -0.39 is 9.76 Å². The van der Waals surface area contributed by atoms with Gasteiger partial charge in [-0.1, -0.05) is 36.9 Å². The molecule has 1 aromatic rings. The molecule has 1 nitrogen and oxygen atoms in total. The summed E-state index contributed by atoms with van der Waals surface area (Å²) in [4.78, 5) is 0. The fraction of sp³-hybridized carbons (Fsp3) is 0.200. The zero-order valence-electron chi connectivity index (χ0n) is 7.36. The monoisotopic (exact) mass is 178 g/mol. The molecule has 0 aliphatic rings. The first-order valence-corrected chi connectivity index (χ1v) is 5.65. The Morgan fingerprint density at radius 3 is 2.75 bits per heavy atom. The van der Waals surface area contributed by atoms with Crippen LogP contribution in [0.15, 0.2) is 42.1 Å². The highest BCUT2D eigenvalue weighted by atomic mass is 28.2. The molecule has 1 rings (SSSR count). The van der Waals surface area contributed by atoms with Crippen molar-refractivity contribution >= 4 is 9.76 Å². The third-order valence-corrected chi connectivity index (χ3v) is 2.52. The van der Waals surface area contributed by atoms with E-state index in [4.69, 9.17) is 4.43 Å².